The molecule has 0 fully saturated rings. The molecular formula is C12H12O4. The summed E-state index contributed by atoms with van der Waals surface area (Å²) >= 11 is 0. The summed E-state index contributed by atoms with van der Waals surface area (Å²) < 4.78 is 4.24. The molecule has 0 saturated heterocycles. The Hall–Kier alpha value is -1.97. The number of carbonyl (C=O) groups is 3. The fourth-order valence-corrected chi connectivity index (χ4v) is 1.31. The van der Waals surface area contributed by atoms with Gasteiger partial charge >= 0.3 is 5.97 Å². The molecule has 0 aliphatic carbocycles. The summed E-state index contributed by atoms with van der Waals surface area (Å²) in [5.74, 6) is -2.17. The Kier molecular flexibility index (Phi) is 3.94. The maximum atomic E-state index is 11.7. The maximum Gasteiger partial charge on any atom is 0.374 e. The molecule has 0 atom stereocenters. The summed E-state index contributed by atoms with van der Waals surface area (Å²) in [6.07, 6.45) is -0.447. The van der Waals surface area contributed by atoms with Crippen molar-refractivity contribution >= 4 is 17.5 Å². The van der Waals surface area contributed by atoms with E-state index >= 15 is 0 Å². The van der Waals surface area contributed by atoms with Crippen LogP contribution < -0.4 is 0 Å². The van der Waals surface area contributed by atoms with Crippen molar-refractivity contribution in [1.29, 1.82) is 0 Å². The van der Waals surface area contributed by atoms with Crippen LogP contribution in [-0.4, -0.2) is 24.6 Å². The second kappa shape index (κ2) is 5.21. The summed E-state index contributed by atoms with van der Waals surface area (Å²) in [6, 6.07) is 6.91. The number of esters is 1. The van der Waals surface area contributed by atoms with Crippen molar-refractivity contribution < 1.29 is 19.1 Å². The second-order valence-corrected chi connectivity index (χ2v) is 3.33. The molecule has 16 heavy (non-hydrogen) atoms. The van der Waals surface area contributed by atoms with Crippen molar-refractivity contribution in [3.8, 4) is 0 Å². The van der Waals surface area contributed by atoms with Crippen molar-refractivity contribution in [2.75, 3.05) is 7.11 Å². The van der Waals surface area contributed by atoms with Gasteiger partial charge in [0.15, 0.2) is 5.78 Å². The summed E-state index contributed by atoms with van der Waals surface area (Å²) in [7, 11) is 1.11. The van der Waals surface area contributed by atoms with Gasteiger partial charge in [-0.25, -0.2) is 4.79 Å². The highest BCUT2D eigenvalue weighted by Gasteiger charge is 2.19. The maximum absolute atomic E-state index is 11.7. The molecule has 0 N–H and O–H groups in total. The van der Waals surface area contributed by atoms with Crippen LogP contribution in [0.15, 0.2) is 24.3 Å². The molecule has 1 aromatic rings. The molecule has 4 nitrogen and oxygen atoms in total. The van der Waals surface area contributed by atoms with Crippen LogP contribution in [0.5, 0.6) is 0 Å². The molecule has 4 heteroatoms. The monoisotopic (exact) mass is 220 g/mol. The molecule has 0 aliphatic rings. The third-order valence-corrected chi connectivity index (χ3v) is 2.18. The van der Waals surface area contributed by atoms with Gasteiger partial charge in [0, 0.05) is 5.56 Å². The van der Waals surface area contributed by atoms with Gasteiger partial charge in [-0.15, -0.1) is 0 Å². The Labute approximate surface area is 93.2 Å². The summed E-state index contributed by atoms with van der Waals surface area (Å²) in [5, 5.41) is 0. The zero-order valence-electron chi connectivity index (χ0n) is 9.15. The lowest BCUT2D eigenvalue weighted by Gasteiger charge is -2.03. The smallest absolute Gasteiger partial charge is 0.374 e. The molecule has 1 aromatic carbocycles. The number of methoxy groups -OCH3 is 1. The number of rotatable bonds is 4. The zero-order chi connectivity index (χ0) is 12.1. The summed E-state index contributed by atoms with van der Waals surface area (Å²) in [5.41, 5.74) is 1.24. The Bertz CT molecular complexity index is 434. The van der Waals surface area contributed by atoms with Crippen molar-refractivity contribution in [1.82, 2.24) is 0 Å². The Balaban J connectivity index is 2.78. The van der Waals surface area contributed by atoms with E-state index in [2.05, 4.69) is 4.74 Å². The molecule has 0 radical (unpaired) electrons. The van der Waals surface area contributed by atoms with Gasteiger partial charge in [-0.3, -0.25) is 9.59 Å². The van der Waals surface area contributed by atoms with Crippen LogP contribution in [0, 0.1) is 6.92 Å². The molecule has 84 valence electrons. The van der Waals surface area contributed by atoms with Gasteiger partial charge in [0.1, 0.15) is 0 Å². The van der Waals surface area contributed by atoms with E-state index in [-0.39, 0.29) is 5.78 Å². The highest BCUT2D eigenvalue weighted by atomic mass is 16.5. The molecule has 0 unspecified atom stereocenters. The fourth-order valence-electron chi connectivity index (χ4n) is 1.31. The van der Waals surface area contributed by atoms with Gasteiger partial charge in [-0.1, -0.05) is 24.3 Å². The number of benzene rings is 1. The van der Waals surface area contributed by atoms with Crippen LogP contribution >= 0.6 is 0 Å². The van der Waals surface area contributed by atoms with E-state index in [9.17, 15) is 14.4 Å². The van der Waals surface area contributed by atoms with Crippen molar-refractivity contribution in [2.45, 2.75) is 13.3 Å². The number of carbonyl (C=O) groups excluding carboxylic acids is 3. The van der Waals surface area contributed by atoms with Gasteiger partial charge in [0.25, 0.3) is 0 Å². The van der Waals surface area contributed by atoms with Gasteiger partial charge in [0.2, 0.25) is 5.78 Å². The number of ketones is 2. The molecule has 0 heterocycles. The minimum atomic E-state index is -0.984. The van der Waals surface area contributed by atoms with E-state index in [1.807, 2.05) is 0 Å². The first-order chi connectivity index (χ1) is 7.56. The number of ether oxygens (including phenoxy) is 1. The predicted molar refractivity (Wildman–Crippen MR) is 57.1 cm³/mol. The van der Waals surface area contributed by atoms with Gasteiger partial charge in [0.05, 0.1) is 13.5 Å². The van der Waals surface area contributed by atoms with Gasteiger partial charge < -0.3 is 4.74 Å². The SMILES string of the molecule is COC(=O)C(=O)CC(=O)c1ccccc1C. The van der Waals surface area contributed by atoms with Gasteiger partial charge in [-0.2, -0.15) is 0 Å². The van der Waals surface area contributed by atoms with Crippen LogP contribution in [-0.2, 0) is 14.3 Å². The third kappa shape index (κ3) is 2.76. The average Bonchev–Trinajstić information content (AvgIpc) is 2.28. The lowest BCUT2D eigenvalue weighted by molar-refractivity contribution is -0.151. The minimum absolute atomic E-state index is 0.367. The topological polar surface area (TPSA) is 60.4 Å². The summed E-state index contributed by atoms with van der Waals surface area (Å²) in [4.78, 5) is 33.7. The number of Topliss-reactive ketones (excluding diaryl/α,β-unsaturated/α-hetero) is 2. The summed E-state index contributed by atoms with van der Waals surface area (Å²) in [6.45, 7) is 1.77. The van der Waals surface area contributed by atoms with E-state index in [0.29, 0.717) is 5.56 Å². The molecule has 0 aromatic heterocycles. The molecule has 1 rings (SSSR count). The van der Waals surface area contributed by atoms with E-state index < -0.39 is 18.2 Å². The quantitative estimate of drug-likeness (QED) is 0.332. The van der Waals surface area contributed by atoms with E-state index in [1.165, 1.54) is 0 Å². The predicted octanol–water partition coefficient (Wildman–Crippen LogP) is 1.31. The molecule has 0 bridgehead atoms. The largest absolute Gasteiger partial charge is 0.463 e. The zero-order valence-corrected chi connectivity index (χ0v) is 9.15. The van der Waals surface area contributed by atoms with Crippen molar-refractivity contribution in [3.63, 3.8) is 0 Å². The second-order valence-electron chi connectivity index (χ2n) is 3.33. The van der Waals surface area contributed by atoms with E-state index in [1.54, 1.807) is 31.2 Å². The minimum Gasteiger partial charge on any atom is -0.463 e. The molecule has 0 saturated carbocycles. The van der Waals surface area contributed by atoms with Crippen LogP contribution in [0.25, 0.3) is 0 Å². The van der Waals surface area contributed by atoms with Crippen molar-refractivity contribution in [3.05, 3.63) is 35.4 Å². The third-order valence-electron chi connectivity index (χ3n) is 2.18. The first kappa shape index (κ1) is 12.1. The highest BCUT2D eigenvalue weighted by molar-refractivity contribution is 6.38. The fraction of sp³-hybridized carbons (Fsp3) is 0.250. The number of aryl methyl sites for hydroxylation is 1. The van der Waals surface area contributed by atoms with Crippen LogP contribution in [0.1, 0.15) is 22.3 Å². The van der Waals surface area contributed by atoms with Crippen LogP contribution in [0.3, 0.4) is 0 Å². The normalized spacial score (nSPS) is 9.62. The standard InChI is InChI=1S/C12H12O4/c1-8-5-3-4-6-9(8)10(13)7-11(14)12(15)16-2/h3-6H,7H2,1-2H3. The Morgan fingerprint density at radius 1 is 1.19 bits per heavy atom. The van der Waals surface area contributed by atoms with Gasteiger partial charge in [-0.05, 0) is 12.5 Å². The lowest BCUT2D eigenvalue weighted by Crippen LogP contribution is -2.19. The first-order valence-electron chi connectivity index (χ1n) is 4.76. The molecule has 0 aliphatic heterocycles. The molecular weight excluding hydrogens is 208 g/mol. The Morgan fingerprint density at radius 2 is 1.81 bits per heavy atom. The van der Waals surface area contributed by atoms with Crippen LogP contribution in [0.4, 0.5) is 0 Å². The first-order valence-corrected chi connectivity index (χ1v) is 4.76. The number of hydrogen-bond acceptors (Lipinski definition) is 4. The lowest BCUT2D eigenvalue weighted by atomic mass is 10.0. The van der Waals surface area contributed by atoms with Crippen molar-refractivity contribution in [2.24, 2.45) is 0 Å². The number of hydrogen-bond donors (Lipinski definition) is 0. The van der Waals surface area contributed by atoms with E-state index in [0.717, 1.165) is 12.7 Å². The highest BCUT2D eigenvalue weighted by Crippen LogP contribution is 2.10. The molecule has 0 spiro atoms. The Morgan fingerprint density at radius 3 is 2.38 bits per heavy atom. The van der Waals surface area contributed by atoms with Crippen LogP contribution in [0.2, 0.25) is 0 Å². The van der Waals surface area contributed by atoms with E-state index in [4.69, 9.17) is 0 Å². The molecule has 0 amide bonds. The average molecular weight is 220 g/mol.